The van der Waals surface area contributed by atoms with Crippen molar-refractivity contribution in [3.63, 3.8) is 0 Å². The third-order valence-corrected chi connectivity index (χ3v) is 6.24. The summed E-state index contributed by atoms with van der Waals surface area (Å²) in [7, 11) is -2.10. The summed E-state index contributed by atoms with van der Waals surface area (Å²) in [6.07, 6.45) is -1.66. The normalized spacial score (nSPS) is 17.6. The summed E-state index contributed by atoms with van der Waals surface area (Å²) in [5, 5.41) is 3.34. The van der Waals surface area contributed by atoms with E-state index >= 15 is 0 Å². The smallest absolute Gasteiger partial charge is 0.329 e. The van der Waals surface area contributed by atoms with E-state index in [2.05, 4.69) is 19.0 Å². The van der Waals surface area contributed by atoms with Gasteiger partial charge in [0.25, 0.3) is 0 Å². The molecule has 24 heavy (non-hydrogen) atoms. The minimum absolute atomic E-state index is 0.121. The molecule has 0 aliphatic carbocycles. The van der Waals surface area contributed by atoms with Crippen molar-refractivity contribution in [2.24, 2.45) is 4.36 Å². The molecule has 130 valence electrons. The van der Waals surface area contributed by atoms with Gasteiger partial charge in [-0.3, -0.25) is 0 Å². The van der Waals surface area contributed by atoms with E-state index in [0.717, 1.165) is 24.8 Å². The van der Waals surface area contributed by atoms with Crippen LogP contribution in [0.4, 0.5) is 13.2 Å². The Labute approximate surface area is 137 Å². The highest BCUT2D eigenvalue weighted by molar-refractivity contribution is 7.93. The quantitative estimate of drug-likeness (QED) is 0.833. The molecule has 1 fully saturated rings. The van der Waals surface area contributed by atoms with Crippen molar-refractivity contribution in [2.75, 3.05) is 11.5 Å². The zero-order valence-electron chi connectivity index (χ0n) is 12.8. The highest BCUT2D eigenvalue weighted by Crippen LogP contribution is 2.29. The van der Waals surface area contributed by atoms with E-state index in [1.807, 2.05) is 0 Å². The largest absolute Gasteiger partial charge is 0.471 e. The number of rotatable bonds is 3. The van der Waals surface area contributed by atoms with E-state index < -0.39 is 21.8 Å². The van der Waals surface area contributed by atoms with Crippen LogP contribution in [0.1, 0.15) is 30.7 Å². The van der Waals surface area contributed by atoms with E-state index in [4.69, 9.17) is 0 Å². The first kappa shape index (κ1) is 16.9. The molecule has 0 unspecified atom stereocenters. The van der Waals surface area contributed by atoms with Crippen molar-refractivity contribution in [1.82, 2.24) is 10.1 Å². The Morgan fingerprint density at radius 2 is 1.79 bits per heavy atom. The zero-order chi connectivity index (χ0) is 17.2. The third kappa shape index (κ3) is 3.95. The van der Waals surface area contributed by atoms with Gasteiger partial charge in [-0.15, -0.1) is 0 Å². The Hall–Kier alpha value is -1.90. The van der Waals surface area contributed by atoms with Gasteiger partial charge in [-0.1, -0.05) is 35.8 Å². The number of aromatic nitrogens is 2. The van der Waals surface area contributed by atoms with E-state index in [1.54, 1.807) is 24.3 Å². The van der Waals surface area contributed by atoms with E-state index in [1.165, 1.54) is 0 Å². The van der Waals surface area contributed by atoms with Crippen LogP contribution in [0.2, 0.25) is 0 Å². The Bertz CT molecular complexity index is 809. The molecule has 0 spiro atoms. The van der Waals surface area contributed by atoms with Crippen LogP contribution in [0.15, 0.2) is 33.2 Å². The lowest BCUT2D eigenvalue weighted by Crippen LogP contribution is -2.16. The topological polar surface area (TPSA) is 68.3 Å². The summed E-state index contributed by atoms with van der Waals surface area (Å²) in [5.74, 6) is -0.197. The Kier molecular flexibility index (Phi) is 4.62. The second-order valence-corrected chi connectivity index (χ2v) is 8.27. The monoisotopic (exact) mass is 359 g/mol. The molecule has 1 aromatic carbocycles. The second kappa shape index (κ2) is 6.54. The van der Waals surface area contributed by atoms with Gasteiger partial charge in [0, 0.05) is 26.8 Å². The molecule has 1 aromatic heterocycles. The molecule has 2 aromatic rings. The SMILES string of the molecule is O=S1(=NCc2ccc(-c3noc(C(F)(F)F)n3)cc2)CCCCC1. The molecule has 0 N–H and O–H groups in total. The van der Waals surface area contributed by atoms with Crippen molar-refractivity contribution in [3.05, 3.63) is 35.7 Å². The van der Waals surface area contributed by atoms with E-state index in [-0.39, 0.29) is 5.82 Å². The fourth-order valence-corrected chi connectivity index (χ4v) is 4.63. The molecule has 5 nitrogen and oxygen atoms in total. The Morgan fingerprint density at radius 1 is 1.12 bits per heavy atom. The van der Waals surface area contributed by atoms with Gasteiger partial charge < -0.3 is 4.52 Å². The first-order valence-corrected chi connectivity index (χ1v) is 9.40. The summed E-state index contributed by atoms with van der Waals surface area (Å²) in [4.78, 5) is 3.34. The Morgan fingerprint density at radius 3 is 2.38 bits per heavy atom. The molecule has 1 aliphatic heterocycles. The van der Waals surface area contributed by atoms with Crippen molar-refractivity contribution in [3.8, 4) is 11.4 Å². The van der Waals surface area contributed by atoms with Crippen molar-refractivity contribution in [1.29, 1.82) is 0 Å². The first-order valence-electron chi connectivity index (χ1n) is 7.54. The van der Waals surface area contributed by atoms with Gasteiger partial charge in [0.05, 0.1) is 6.54 Å². The minimum atomic E-state index is -4.66. The summed E-state index contributed by atoms with van der Waals surface area (Å²) in [6, 6.07) is 6.63. The minimum Gasteiger partial charge on any atom is -0.329 e. The first-order chi connectivity index (χ1) is 11.4. The van der Waals surface area contributed by atoms with Gasteiger partial charge in [-0.2, -0.15) is 18.2 Å². The highest BCUT2D eigenvalue weighted by Gasteiger charge is 2.38. The van der Waals surface area contributed by atoms with Gasteiger partial charge in [-0.25, -0.2) is 8.57 Å². The maximum absolute atomic E-state index is 12.5. The van der Waals surface area contributed by atoms with E-state index in [9.17, 15) is 17.4 Å². The van der Waals surface area contributed by atoms with Crippen molar-refractivity contribution in [2.45, 2.75) is 32.0 Å². The third-order valence-electron chi connectivity index (χ3n) is 3.79. The fraction of sp³-hybridized carbons (Fsp3) is 0.467. The van der Waals surface area contributed by atoms with Crippen molar-refractivity contribution < 1.29 is 21.9 Å². The van der Waals surface area contributed by atoms with Crippen LogP contribution in [0.3, 0.4) is 0 Å². The van der Waals surface area contributed by atoms with E-state index in [0.29, 0.717) is 23.6 Å². The number of hydrogen-bond donors (Lipinski definition) is 0. The molecule has 0 saturated carbocycles. The lowest BCUT2D eigenvalue weighted by Gasteiger charge is -2.15. The summed E-state index contributed by atoms with van der Waals surface area (Å²) < 4.78 is 58.4. The Balaban J connectivity index is 1.73. The van der Waals surface area contributed by atoms with Gasteiger partial charge in [0.15, 0.2) is 0 Å². The summed E-state index contributed by atoms with van der Waals surface area (Å²) in [6.45, 7) is 0.332. The van der Waals surface area contributed by atoms with Crippen LogP contribution < -0.4 is 0 Å². The lowest BCUT2D eigenvalue weighted by atomic mass is 10.1. The van der Waals surface area contributed by atoms with Crippen LogP contribution >= 0.6 is 0 Å². The molecular formula is C15H16F3N3O2S. The molecule has 1 saturated heterocycles. The van der Waals surface area contributed by atoms with Gasteiger partial charge in [0.2, 0.25) is 5.82 Å². The summed E-state index contributed by atoms with van der Waals surface area (Å²) in [5.41, 5.74) is 1.26. The molecule has 9 heteroatoms. The average molecular weight is 359 g/mol. The number of benzene rings is 1. The maximum Gasteiger partial charge on any atom is 0.471 e. The highest BCUT2D eigenvalue weighted by atomic mass is 32.2. The molecule has 1 aliphatic rings. The summed E-state index contributed by atoms with van der Waals surface area (Å²) >= 11 is 0. The number of nitrogens with zero attached hydrogens (tertiary/aromatic N) is 3. The zero-order valence-corrected chi connectivity index (χ0v) is 13.6. The molecule has 0 radical (unpaired) electrons. The number of alkyl halides is 3. The van der Waals surface area contributed by atoms with Gasteiger partial charge in [-0.05, 0) is 18.4 Å². The van der Waals surface area contributed by atoms with Crippen LogP contribution in [-0.4, -0.2) is 25.9 Å². The molecule has 0 bridgehead atoms. The van der Waals surface area contributed by atoms with Crippen LogP contribution in [0, 0.1) is 0 Å². The second-order valence-electron chi connectivity index (χ2n) is 5.65. The molecule has 2 heterocycles. The molecule has 3 rings (SSSR count). The van der Waals surface area contributed by atoms with Crippen LogP contribution in [-0.2, 0) is 22.5 Å². The lowest BCUT2D eigenvalue weighted by molar-refractivity contribution is -0.159. The maximum atomic E-state index is 12.5. The molecule has 0 amide bonds. The standard InChI is InChI=1S/C15H16F3N3O2S/c16-15(17,18)14-20-13(21-23-14)12-6-4-11(5-7-12)10-19-24(22)8-2-1-3-9-24/h4-7H,1-3,8-10H2. The molecular weight excluding hydrogens is 343 g/mol. The number of hydrogen-bond acceptors (Lipinski definition) is 5. The van der Waals surface area contributed by atoms with Gasteiger partial charge >= 0.3 is 12.1 Å². The van der Waals surface area contributed by atoms with Crippen LogP contribution in [0.5, 0.6) is 0 Å². The van der Waals surface area contributed by atoms with Gasteiger partial charge in [0.1, 0.15) is 0 Å². The predicted molar refractivity (Wildman–Crippen MR) is 82.6 cm³/mol. The number of halogens is 3. The molecule has 0 atom stereocenters. The van der Waals surface area contributed by atoms with Crippen molar-refractivity contribution >= 4 is 9.73 Å². The average Bonchev–Trinajstić information content (AvgIpc) is 3.05. The predicted octanol–water partition coefficient (Wildman–Crippen LogP) is 3.91. The van der Waals surface area contributed by atoms with Crippen LogP contribution in [0.25, 0.3) is 11.4 Å². The fourth-order valence-electron chi connectivity index (χ4n) is 2.47.